The Morgan fingerprint density at radius 2 is 1.97 bits per heavy atom. The van der Waals surface area contributed by atoms with E-state index in [9.17, 15) is 0 Å². The molecule has 0 spiro atoms. The molecule has 2 aromatic heterocycles. The Balaban J connectivity index is 1.49. The van der Waals surface area contributed by atoms with E-state index >= 15 is 0 Å². The summed E-state index contributed by atoms with van der Waals surface area (Å²) in [6, 6.07) is 19.8. The normalized spacial score (nSPS) is 17.1. The Labute approximate surface area is 176 Å². The predicted octanol–water partition coefficient (Wildman–Crippen LogP) is 5.60. The van der Waals surface area contributed by atoms with Gasteiger partial charge < -0.3 is 14.8 Å². The van der Waals surface area contributed by atoms with Crippen molar-refractivity contribution in [3.8, 4) is 0 Å². The topological polar surface area (TPSA) is 33.1 Å². The zero-order valence-electron chi connectivity index (χ0n) is 16.9. The maximum atomic E-state index is 4.18. The minimum absolute atomic E-state index is 0.133. The van der Waals surface area contributed by atoms with Crippen molar-refractivity contribution in [2.24, 2.45) is 0 Å². The van der Waals surface area contributed by atoms with Crippen LogP contribution in [0.5, 0.6) is 0 Å². The summed E-state index contributed by atoms with van der Waals surface area (Å²) in [5.74, 6) is 0. The van der Waals surface area contributed by atoms with E-state index < -0.39 is 0 Å². The van der Waals surface area contributed by atoms with Crippen molar-refractivity contribution < 1.29 is 0 Å². The Hall–Kier alpha value is -3.53. The molecule has 148 valence electrons. The number of nitrogens with zero attached hydrogens (tertiary/aromatic N) is 3. The summed E-state index contributed by atoms with van der Waals surface area (Å²) in [5, 5.41) is 5.12. The van der Waals surface area contributed by atoms with E-state index in [4.69, 9.17) is 0 Å². The van der Waals surface area contributed by atoms with Gasteiger partial charge >= 0.3 is 0 Å². The number of aromatic nitrogens is 2. The number of nitrogens with one attached hydrogen (secondary N) is 1. The average Bonchev–Trinajstić information content (AvgIpc) is 3.34. The summed E-state index contributed by atoms with van der Waals surface area (Å²) in [4.78, 5) is 6.74. The molecule has 0 saturated carbocycles. The zero-order valence-corrected chi connectivity index (χ0v) is 16.9. The molecule has 6 rings (SSSR count). The molecule has 1 atom stereocenters. The van der Waals surface area contributed by atoms with Crippen molar-refractivity contribution >= 4 is 28.4 Å². The van der Waals surface area contributed by atoms with Gasteiger partial charge in [-0.15, -0.1) is 0 Å². The molecule has 0 fully saturated rings. The van der Waals surface area contributed by atoms with Crippen LogP contribution in [0.4, 0.5) is 11.4 Å². The number of fused-ring (bicyclic) bond motifs is 1. The molecule has 4 nitrogen and oxygen atoms in total. The zero-order chi connectivity index (χ0) is 20.1. The van der Waals surface area contributed by atoms with Crippen LogP contribution in [-0.2, 0) is 13.0 Å². The standard InChI is InChI=1S/C26H24N4/c1-2-18-14-21-7-5-13-29-25(21)22(15-18)28-26(29)24-16-20-6-3-4-8-23(20)30(24)17-19-9-11-27-12-10-19/h2-4,6,8-12,14-16,26,28H,1,5,7,13,17H2. The number of pyridine rings is 1. The van der Waals surface area contributed by atoms with Crippen LogP contribution >= 0.6 is 0 Å². The molecule has 4 heteroatoms. The van der Waals surface area contributed by atoms with Crippen LogP contribution in [0.25, 0.3) is 17.0 Å². The highest BCUT2D eigenvalue weighted by Gasteiger charge is 2.36. The predicted molar refractivity (Wildman–Crippen MR) is 124 cm³/mol. The molecule has 2 aromatic carbocycles. The van der Waals surface area contributed by atoms with Crippen LogP contribution < -0.4 is 10.2 Å². The highest BCUT2D eigenvalue weighted by Crippen LogP contribution is 2.47. The van der Waals surface area contributed by atoms with Crippen LogP contribution in [0.2, 0.25) is 0 Å². The van der Waals surface area contributed by atoms with Gasteiger partial charge in [0.2, 0.25) is 0 Å². The fraction of sp³-hybridized carbons (Fsp3) is 0.192. The lowest BCUT2D eigenvalue weighted by Crippen LogP contribution is -2.33. The first-order chi connectivity index (χ1) is 14.8. The number of aryl methyl sites for hydroxylation is 1. The maximum Gasteiger partial charge on any atom is 0.141 e. The molecule has 30 heavy (non-hydrogen) atoms. The summed E-state index contributed by atoms with van der Waals surface area (Å²) >= 11 is 0. The first-order valence-electron chi connectivity index (χ1n) is 10.6. The minimum atomic E-state index is 0.133. The van der Waals surface area contributed by atoms with E-state index in [2.05, 4.69) is 80.9 Å². The van der Waals surface area contributed by atoms with Gasteiger partial charge in [-0.2, -0.15) is 0 Å². The lowest BCUT2D eigenvalue weighted by molar-refractivity contribution is 0.612. The molecule has 1 N–H and O–H groups in total. The molecule has 0 saturated heterocycles. The van der Waals surface area contributed by atoms with E-state index in [0.717, 1.165) is 19.5 Å². The van der Waals surface area contributed by atoms with Crippen molar-refractivity contribution in [3.63, 3.8) is 0 Å². The Morgan fingerprint density at radius 1 is 1.10 bits per heavy atom. The second-order valence-electron chi connectivity index (χ2n) is 8.19. The molecule has 2 aliphatic heterocycles. The number of benzene rings is 2. The molecule has 0 aliphatic carbocycles. The number of hydrogen-bond acceptors (Lipinski definition) is 3. The molecule has 4 aromatic rings. The summed E-state index contributed by atoms with van der Waals surface area (Å²) in [6.45, 7) is 5.89. The SMILES string of the molecule is C=Cc1cc2c3c(c1)NC(c1cc4ccccc4n1Cc1ccncc1)N3CCC2. The Morgan fingerprint density at radius 3 is 2.83 bits per heavy atom. The van der Waals surface area contributed by atoms with Gasteiger partial charge in [0, 0.05) is 36.4 Å². The second kappa shape index (κ2) is 6.77. The summed E-state index contributed by atoms with van der Waals surface area (Å²) in [6.07, 6.45) is 8.14. The lowest BCUT2D eigenvalue weighted by atomic mass is 9.98. The van der Waals surface area contributed by atoms with Crippen LogP contribution in [0, 0.1) is 0 Å². The molecule has 2 aliphatic rings. The van der Waals surface area contributed by atoms with Gasteiger partial charge in [0.25, 0.3) is 0 Å². The molecule has 0 radical (unpaired) electrons. The number of hydrogen-bond donors (Lipinski definition) is 1. The Bertz CT molecular complexity index is 1260. The van der Waals surface area contributed by atoms with Gasteiger partial charge in [0.1, 0.15) is 6.17 Å². The summed E-state index contributed by atoms with van der Waals surface area (Å²) in [7, 11) is 0. The van der Waals surface area contributed by atoms with Gasteiger partial charge in [0.05, 0.1) is 17.1 Å². The van der Waals surface area contributed by atoms with Crippen molar-refractivity contribution in [1.82, 2.24) is 9.55 Å². The van der Waals surface area contributed by atoms with Crippen molar-refractivity contribution in [3.05, 3.63) is 96.0 Å². The van der Waals surface area contributed by atoms with Gasteiger partial charge in [0.15, 0.2) is 0 Å². The number of para-hydroxylation sites is 1. The van der Waals surface area contributed by atoms with Crippen LogP contribution in [0.1, 0.15) is 35.0 Å². The van der Waals surface area contributed by atoms with Crippen molar-refractivity contribution in [2.75, 3.05) is 16.8 Å². The third kappa shape index (κ3) is 2.64. The fourth-order valence-corrected chi connectivity index (χ4v) is 5.05. The largest absolute Gasteiger partial charge is 0.359 e. The molecule has 0 bridgehead atoms. The van der Waals surface area contributed by atoms with E-state index in [1.54, 1.807) is 0 Å². The average molecular weight is 393 g/mol. The first-order valence-corrected chi connectivity index (χ1v) is 10.6. The van der Waals surface area contributed by atoms with Gasteiger partial charge in [-0.3, -0.25) is 4.98 Å². The van der Waals surface area contributed by atoms with Crippen LogP contribution in [-0.4, -0.2) is 16.1 Å². The smallest absolute Gasteiger partial charge is 0.141 e. The van der Waals surface area contributed by atoms with Crippen LogP contribution in [0.15, 0.2) is 73.6 Å². The third-order valence-corrected chi connectivity index (χ3v) is 6.40. The number of anilines is 2. The summed E-state index contributed by atoms with van der Waals surface area (Å²) in [5.41, 5.74) is 9.06. The number of rotatable bonds is 4. The molecule has 4 heterocycles. The quantitative estimate of drug-likeness (QED) is 0.490. The molecule has 1 unspecified atom stereocenters. The summed E-state index contributed by atoms with van der Waals surface area (Å²) < 4.78 is 2.46. The Kier molecular flexibility index (Phi) is 3.91. The lowest BCUT2D eigenvalue weighted by Gasteiger charge is -2.32. The highest BCUT2D eigenvalue weighted by molar-refractivity contribution is 5.86. The first kappa shape index (κ1) is 17.3. The van der Waals surface area contributed by atoms with E-state index in [0.29, 0.717) is 0 Å². The molecule has 0 amide bonds. The fourth-order valence-electron chi connectivity index (χ4n) is 5.05. The third-order valence-electron chi connectivity index (χ3n) is 6.40. The monoisotopic (exact) mass is 392 g/mol. The molecular weight excluding hydrogens is 368 g/mol. The van der Waals surface area contributed by atoms with Crippen molar-refractivity contribution in [2.45, 2.75) is 25.6 Å². The molecular formula is C26H24N4. The second-order valence-corrected chi connectivity index (χ2v) is 8.19. The van der Waals surface area contributed by atoms with E-state index in [1.807, 2.05) is 18.5 Å². The van der Waals surface area contributed by atoms with Crippen molar-refractivity contribution in [1.29, 1.82) is 0 Å². The van der Waals surface area contributed by atoms with E-state index in [-0.39, 0.29) is 6.17 Å². The van der Waals surface area contributed by atoms with Gasteiger partial charge in [-0.25, -0.2) is 0 Å². The maximum absolute atomic E-state index is 4.18. The highest BCUT2D eigenvalue weighted by atomic mass is 15.3. The van der Waals surface area contributed by atoms with Gasteiger partial charge in [-0.05, 0) is 65.9 Å². The van der Waals surface area contributed by atoms with Gasteiger partial charge in [-0.1, -0.05) is 30.9 Å². The van der Waals surface area contributed by atoms with Crippen LogP contribution in [0.3, 0.4) is 0 Å². The van der Waals surface area contributed by atoms with E-state index in [1.165, 1.54) is 51.1 Å². The minimum Gasteiger partial charge on any atom is -0.359 e.